The van der Waals surface area contributed by atoms with E-state index in [1.54, 1.807) is 0 Å². The molecule has 0 spiro atoms. The molecular weight excluding hydrogens is 328 g/mol. The Kier molecular flexibility index (Phi) is 7.02. The van der Waals surface area contributed by atoms with Gasteiger partial charge in [0.05, 0.1) is 11.3 Å². The molecule has 1 aliphatic carbocycles. The summed E-state index contributed by atoms with van der Waals surface area (Å²) in [5.41, 5.74) is 8.25. The Hall–Kier alpha value is -2.79. The molecule has 0 aromatic heterocycles. The highest BCUT2D eigenvalue weighted by Crippen LogP contribution is 2.28. The summed E-state index contributed by atoms with van der Waals surface area (Å²) in [4.78, 5) is 0. The molecule has 0 saturated carbocycles. The summed E-state index contributed by atoms with van der Waals surface area (Å²) in [5, 5.41) is 13.1. The summed E-state index contributed by atoms with van der Waals surface area (Å²) in [6.45, 7) is 17.0. The molecule has 0 heterocycles. The first kappa shape index (κ1) is 20.5. The molecule has 27 heavy (non-hydrogen) atoms. The average molecular weight is 359 g/mol. The van der Waals surface area contributed by atoms with E-state index in [4.69, 9.17) is 0 Å². The number of hydrogen-bond acceptors (Lipinski definition) is 2. The van der Waals surface area contributed by atoms with Crippen LogP contribution < -0.4 is 5.32 Å². The fourth-order valence-electron chi connectivity index (χ4n) is 3.00. The summed E-state index contributed by atoms with van der Waals surface area (Å²) >= 11 is 0. The number of rotatable bonds is 6. The Morgan fingerprint density at radius 2 is 1.89 bits per heavy atom. The molecule has 0 bridgehead atoms. The first-order chi connectivity index (χ1) is 12.8. The molecule has 0 amide bonds. The fraction of sp³-hybridized carbons (Fsp3) is 0.320. The molecule has 0 saturated heterocycles. The minimum atomic E-state index is 0.516. The van der Waals surface area contributed by atoms with E-state index in [0.29, 0.717) is 12.5 Å². The fourth-order valence-corrected chi connectivity index (χ4v) is 3.00. The maximum Gasteiger partial charge on any atom is 0.101 e. The summed E-state index contributed by atoms with van der Waals surface area (Å²) in [7, 11) is 0. The van der Waals surface area contributed by atoms with Crippen LogP contribution in [0.5, 0.6) is 0 Å². The molecule has 1 aromatic rings. The second-order valence-corrected chi connectivity index (χ2v) is 7.54. The van der Waals surface area contributed by atoms with Crippen LogP contribution >= 0.6 is 0 Å². The van der Waals surface area contributed by atoms with Crippen LogP contribution in [0, 0.1) is 11.3 Å². The van der Waals surface area contributed by atoms with E-state index in [1.165, 1.54) is 11.1 Å². The van der Waals surface area contributed by atoms with Gasteiger partial charge >= 0.3 is 0 Å². The van der Waals surface area contributed by atoms with Crippen molar-refractivity contribution in [1.29, 1.82) is 5.26 Å². The molecule has 140 valence electrons. The Labute approximate surface area is 164 Å². The van der Waals surface area contributed by atoms with E-state index in [9.17, 15) is 5.26 Å². The van der Waals surface area contributed by atoms with Gasteiger partial charge in [0.25, 0.3) is 0 Å². The van der Waals surface area contributed by atoms with Crippen LogP contribution in [0.25, 0.3) is 5.57 Å². The van der Waals surface area contributed by atoms with E-state index >= 15 is 0 Å². The summed E-state index contributed by atoms with van der Waals surface area (Å²) < 4.78 is 0. The number of allylic oxidation sites excluding steroid dienone is 5. The van der Waals surface area contributed by atoms with Gasteiger partial charge in [0.15, 0.2) is 0 Å². The first-order valence-electron chi connectivity index (χ1n) is 9.53. The van der Waals surface area contributed by atoms with Gasteiger partial charge in [0, 0.05) is 6.54 Å². The van der Waals surface area contributed by atoms with Crippen molar-refractivity contribution in [2.24, 2.45) is 0 Å². The van der Waals surface area contributed by atoms with Crippen LogP contribution in [0.15, 0.2) is 77.6 Å². The third-order valence-electron chi connectivity index (χ3n) is 5.00. The van der Waals surface area contributed by atoms with Crippen LogP contribution in [0.3, 0.4) is 0 Å². The van der Waals surface area contributed by atoms with E-state index in [0.717, 1.165) is 46.4 Å². The SMILES string of the molecule is C=C(C)C(=C)CNC1=C/C(c2ccc(C(C)C)cc2)=C\CC\C(C)=C\1C#N. The smallest absolute Gasteiger partial charge is 0.101 e. The van der Waals surface area contributed by atoms with Gasteiger partial charge in [-0.05, 0) is 61.0 Å². The van der Waals surface area contributed by atoms with Crippen molar-refractivity contribution in [2.75, 3.05) is 6.54 Å². The Bertz CT molecular complexity index is 853. The summed E-state index contributed by atoms with van der Waals surface area (Å²) in [6.07, 6.45) is 6.17. The molecule has 2 nitrogen and oxygen atoms in total. The highest BCUT2D eigenvalue weighted by Gasteiger charge is 2.13. The van der Waals surface area contributed by atoms with Crippen molar-refractivity contribution in [3.63, 3.8) is 0 Å². The zero-order valence-electron chi connectivity index (χ0n) is 17.0. The third kappa shape index (κ3) is 5.34. The van der Waals surface area contributed by atoms with Gasteiger partial charge in [-0.3, -0.25) is 0 Å². The average Bonchev–Trinajstić information content (AvgIpc) is 2.63. The Morgan fingerprint density at radius 3 is 2.44 bits per heavy atom. The number of benzene rings is 1. The zero-order chi connectivity index (χ0) is 20.0. The van der Waals surface area contributed by atoms with Crippen LogP contribution in [-0.2, 0) is 0 Å². The van der Waals surface area contributed by atoms with Crippen LogP contribution in [-0.4, -0.2) is 6.54 Å². The van der Waals surface area contributed by atoms with Gasteiger partial charge in [-0.25, -0.2) is 0 Å². The topological polar surface area (TPSA) is 35.8 Å². The van der Waals surface area contributed by atoms with Crippen molar-refractivity contribution in [2.45, 2.75) is 46.5 Å². The molecular formula is C25H30N2. The van der Waals surface area contributed by atoms with Gasteiger partial charge in [0.1, 0.15) is 6.07 Å². The first-order valence-corrected chi connectivity index (χ1v) is 9.53. The predicted molar refractivity (Wildman–Crippen MR) is 116 cm³/mol. The van der Waals surface area contributed by atoms with Gasteiger partial charge in [-0.1, -0.05) is 68.5 Å². The number of nitrogens with zero attached hydrogens (tertiary/aromatic N) is 1. The van der Waals surface area contributed by atoms with Crippen molar-refractivity contribution in [3.8, 4) is 6.07 Å². The molecule has 1 aliphatic rings. The highest BCUT2D eigenvalue weighted by molar-refractivity contribution is 5.76. The van der Waals surface area contributed by atoms with Crippen LogP contribution in [0.1, 0.15) is 57.6 Å². The lowest BCUT2D eigenvalue weighted by atomic mass is 9.93. The quantitative estimate of drug-likeness (QED) is 0.594. The highest BCUT2D eigenvalue weighted by atomic mass is 14.9. The van der Waals surface area contributed by atoms with Crippen LogP contribution in [0.2, 0.25) is 0 Å². The number of nitriles is 1. The summed E-state index contributed by atoms with van der Waals surface area (Å²) in [5.74, 6) is 0.516. The predicted octanol–water partition coefficient (Wildman–Crippen LogP) is 6.43. The second-order valence-electron chi connectivity index (χ2n) is 7.54. The number of hydrogen-bond donors (Lipinski definition) is 1. The van der Waals surface area contributed by atoms with Gasteiger partial charge in [-0.15, -0.1) is 0 Å². The molecule has 1 aromatic carbocycles. The minimum Gasteiger partial charge on any atom is -0.380 e. The molecule has 0 fully saturated rings. The lowest BCUT2D eigenvalue weighted by molar-refractivity contribution is 0.866. The molecule has 0 unspecified atom stereocenters. The second kappa shape index (κ2) is 9.24. The van der Waals surface area contributed by atoms with Crippen molar-refractivity contribution >= 4 is 5.57 Å². The Balaban J connectivity index is 2.40. The molecule has 0 radical (unpaired) electrons. The normalized spacial score (nSPS) is 21.2. The Morgan fingerprint density at radius 1 is 1.22 bits per heavy atom. The van der Waals surface area contributed by atoms with E-state index < -0.39 is 0 Å². The standard InChI is InChI=1S/C25H30N2/c1-17(2)20(6)16-27-25-14-23(9-7-8-19(5)24(25)15-26)22-12-10-21(11-13-22)18(3)4/h9-14,18,27H,1,6-8,16H2,2-5H3/b23-9+,24-19+,25-14+. The third-order valence-corrected chi connectivity index (χ3v) is 5.00. The van der Waals surface area contributed by atoms with Crippen molar-refractivity contribution < 1.29 is 0 Å². The molecule has 1 N–H and O–H groups in total. The van der Waals surface area contributed by atoms with Crippen molar-refractivity contribution in [3.05, 3.63) is 88.7 Å². The minimum absolute atomic E-state index is 0.516. The van der Waals surface area contributed by atoms with Gasteiger partial charge < -0.3 is 5.32 Å². The van der Waals surface area contributed by atoms with Gasteiger partial charge in [0.2, 0.25) is 0 Å². The van der Waals surface area contributed by atoms with E-state index in [-0.39, 0.29) is 0 Å². The molecule has 2 rings (SSSR count). The van der Waals surface area contributed by atoms with Crippen LogP contribution in [0.4, 0.5) is 0 Å². The number of nitrogens with one attached hydrogen (secondary N) is 1. The van der Waals surface area contributed by atoms with E-state index in [2.05, 4.69) is 74.8 Å². The zero-order valence-corrected chi connectivity index (χ0v) is 17.0. The van der Waals surface area contributed by atoms with E-state index in [1.807, 2.05) is 13.8 Å². The maximum absolute atomic E-state index is 9.73. The molecule has 0 aliphatic heterocycles. The maximum atomic E-state index is 9.73. The lowest BCUT2D eigenvalue weighted by Crippen LogP contribution is -2.19. The molecule has 0 atom stereocenters. The molecule has 2 heteroatoms. The van der Waals surface area contributed by atoms with Gasteiger partial charge in [-0.2, -0.15) is 5.26 Å². The lowest BCUT2D eigenvalue weighted by Gasteiger charge is -2.18. The largest absolute Gasteiger partial charge is 0.380 e. The monoisotopic (exact) mass is 358 g/mol. The summed E-state index contributed by atoms with van der Waals surface area (Å²) in [6, 6.07) is 11.1. The van der Waals surface area contributed by atoms with Crippen molar-refractivity contribution in [1.82, 2.24) is 5.32 Å².